The molecule has 2 amide bonds. The highest BCUT2D eigenvalue weighted by atomic mass is 16.7. The predicted molar refractivity (Wildman–Crippen MR) is 243 cm³/mol. The number of allylic oxidation sites excluding steroid dienone is 3. The minimum absolute atomic E-state index is 0.000551. The average Bonchev–Trinajstić information content (AvgIpc) is 3.21. The van der Waals surface area contributed by atoms with Crippen LogP contribution in [0.4, 0.5) is 0 Å². The van der Waals surface area contributed by atoms with Gasteiger partial charge in [-0.3, -0.25) is 9.59 Å². The second-order valence-corrected chi connectivity index (χ2v) is 20.7. The quantitative estimate of drug-likeness (QED) is 0.0608. The maximum Gasteiger partial charge on any atom is 0.217 e. The van der Waals surface area contributed by atoms with Gasteiger partial charge >= 0.3 is 0 Å². The minimum Gasteiger partial charge on any atom is -0.388 e. The Hall–Kier alpha value is -2.14. The standard InChI is InChI=1S/C48H84N2O16/c1-27(18-15-19-35-47(9,22-20-33(63-35)45(5,6)57)65-43-37(49-29(3)51)41(55)39(53)31(61-43)25-59-11)16-13-14-17-28(2)24-36-48(10,23-21-34(64-36)46(7,8)58)66-44-38(50-30(4)52)42(56)40(54)32(62-44)26-60-12/h16-17,31-44,53-58H,13-15,18-26H2,1-12H3,(H,49,51)(H,50,52)/b27-16+,28-17+/t31-,32-,33+,34+,35?,36+,37-,38-,39-,40-,41-,42-,43?,44-,47-,48-/m1/s1. The number of rotatable bonds is 21. The van der Waals surface area contributed by atoms with Crippen LogP contribution in [-0.2, 0) is 47.5 Å². The van der Waals surface area contributed by atoms with Gasteiger partial charge in [-0.2, -0.15) is 0 Å². The van der Waals surface area contributed by atoms with E-state index in [1.165, 1.54) is 33.6 Å². The number of carbonyl (C=O) groups is 2. The van der Waals surface area contributed by atoms with Crippen LogP contribution in [-0.4, -0.2) is 178 Å². The first kappa shape index (κ1) is 56.4. The molecule has 2 unspecified atom stereocenters. The summed E-state index contributed by atoms with van der Waals surface area (Å²) in [6.07, 6.45) is -0.792. The largest absolute Gasteiger partial charge is 0.388 e. The van der Waals surface area contributed by atoms with Crippen LogP contribution in [0.15, 0.2) is 23.3 Å². The van der Waals surface area contributed by atoms with E-state index in [1.54, 1.807) is 27.7 Å². The summed E-state index contributed by atoms with van der Waals surface area (Å²) in [5, 5.41) is 70.9. The highest BCUT2D eigenvalue weighted by molar-refractivity contribution is 5.73. The van der Waals surface area contributed by atoms with E-state index in [9.17, 15) is 40.2 Å². The average molecular weight is 945 g/mol. The molecule has 0 saturated carbocycles. The molecule has 0 aromatic carbocycles. The van der Waals surface area contributed by atoms with Crippen molar-refractivity contribution >= 4 is 11.8 Å². The van der Waals surface area contributed by atoms with Gasteiger partial charge in [-0.25, -0.2) is 0 Å². The number of hydrogen-bond donors (Lipinski definition) is 8. The van der Waals surface area contributed by atoms with Crippen LogP contribution in [0, 0.1) is 0 Å². The SMILES string of the molecule is COC[C@H]1O[C@H](O[C@]2(C)CC[C@@H](C(C)(C)O)O[C@H]2C/C(C)=C/CC/C=C(\C)CCCC2O[C@H](C(C)(C)O)CC[C@@]2(C)OC2O[C@H](COC)[C@@H](O)[C@H](O)[C@H]2NC(C)=O)[C@H](NC(C)=O)[C@@H](O)[C@@H]1O. The van der Waals surface area contributed by atoms with Crippen molar-refractivity contribution in [2.75, 3.05) is 27.4 Å². The molecule has 0 aromatic rings. The molecule has 0 radical (unpaired) electrons. The number of methoxy groups -OCH3 is 2. The third-order valence-corrected chi connectivity index (χ3v) is 13.7. The first-order valence-electron chi connectivity index (χ1n) is 23.7. The highest BCUT2D eigenvalue weighted by Crippen LogP contribution is 2.42. The third kappa shape index (κ3) is 15.2. The molecule has 0 bridgehead atoms. The molecule has 4 aliphatic heterocycles. The van der Waals surface area contributed by atoms with Crippen molar-refractivity contribution in [2.24, 2.45) is 0 Å². The zero-order chi connectivity index (χ0) is 49.4. The van der Waals surface area contributed by atoms with Crippen LogP contribution in [0.2, 0.25) is 0 Å². The fraction of sp³-hybridized carbons (Fsp3) is 0.875. The van der Waals surface area contributed by atoms with Crippen LogP contribution >= 0.6 is 0 Å². The first-order valence-corrected chi connectivity index (χ1v) is 23.7. The zero-order valence-electron chi connectivity index (χ0n) is 41.5. The molecule has 18 nitrogen and oxygen atoms in total. The van der Waals surface area contributed by atoms with Gasteiger partial charge in [-0.05, 0) is 120 Å². The molecular formula is C48H84N2O16. The minimum atomic E-state index is -1.38. The van der Waals surface area contributed by atoms with Crippen molar-refractivity contribution in [3.63, 3.8) is 0 Å². The fourth-order valence-corrected chi connectivity index (χ4v) is 9.60. The van der Waals surface area contributed by atoms with Gasteiger partial charge in [0.25, 0.3) is 0 Å². The summed E-state index contributed by atoms with van der Waals surface area (Å²) in [6.45, 7) is 17.5. The van der Waals surface area contributed by atoms with E-state index < -0.39 is 120 Å². The van der Waals surface area contributed by atoms with Gasteiger partial charge in [-0.1, -0.05) is 23.3 Å². The second kappa shape index (κ2) is 24.1. The number of aliphatic hydroxyl groups excluding tert-OH is 4. The van der Waals surface area contributed by atoms with Gasteiger partial charge in [0.15, 0.2) is 12.6 Å². The summed E-state index contributed by atoms with van der Waals surface area (Å²) in [7, 11) is 2.93. The molecule has 8 N–H and O–H groups in total. The van der Waals surface area contributed by atoms with Crippen LogP contribution < -0.4 is 10.6 Å². The monoisotopic (exact) mass is 945 g/mol. The Labute approximate surface area is 392 Å². The van der Waals surface area contributed by atoms with Crippen molar-refractivity contribution in [1.82, 2.24) is 10.6 Å². The Morgan fingerprint density at radius 1 is 0.652 bits per heavy atom. The van der Waals surface area contributed by atoms with Crippen molar-refractivity contribution < 1.29 is 78.1 Å². The van der Waals surface area contributed by atoms with E-state index in [0.717, 1.165) is 31.3 Å². The van der Waals surface area contributed by atoms with E-state index in [0.29, 0.717) is 38.5 Å². The molecular weight excluding hydrogens is 861 g/mol. The normalized spacial score (nSPS) is 38.5. The van der Waals surface area contributed by atoms with Crippen LogP contribution in [0.3, 0.4) is 0 Å². The summed E-state index contributed by atoms with van der Waals surface area (Å²) >= 11 is 0. The summed E-state index contributed by atoms with van der Waals surface area (Å²) in [5.74, 6) is -0.833. The van der Waals surface area contributed by atoms with Gasteiger partial charge < -0.3 is 79.2 Å². The van der Waals surface area contributed by atoms with Crippen molar-refractivity contribution in [1.29, 1.82) is 0 Å². The summed E-state index contributed by atoms with van der Waals surface area (Å²) < 4.78 is 49.2. The van der Waals surface area contributed by atoms with Crippen LogP contribution in [0.5, 0.6) is 0 Å². The number of unbranched alkanes of at least 4 members (excludes halogenated alkanes) is 1. The van der Waals surface area contributed by atoms with E-state index in [4.69, 9.17) is 37.9 Å². The number of amides is 2. The molecule has 382 valence electrons. The molecule has 4 aliphatic rings. The maximum atomic E-state index is 12.2. The highest BCUT2D eigenvalue weighted by Gasteiger charge is 2.54. The molecule has 0 aromatic heterocycles. The fourth-order valence-electron chi connectivity index (χ4n) is 9.60. The lowest BCUT2D eigenvalue weighted by Gasteiger charge is -2.51. The lowest BCUT2D eigenvalue weighted by Crippen LogP contribution is -2.67. The van der Waals surface area contributed by atoms with Crippen molar-refractivity contribution in [3.8, 4) is 0 Å². The van der Waals surface area contributed by atoms with E-state index in [2.05, 4.69) is 29.7 Å². The third-order valence-electron chi connectivity index (χ3n) is 13.7. The molecule has 4 saturated heterocycles. The van der Waals surface area contributed by atoms with Crippen molar-refractivity contribution in [2.45, 2.75) is 242 Å². The molecule has 66 heavy (non-hydrogen) atoms. The number of ether oxygens (including phenoxy) is 8. The van der Waals surface area contributed by atoms with Gasteiger partial charge in [0, 0.05) is 28.1 Å². The zero-order valence-corrected chi connectivity index (χ0v) is 41.5. The first-order chi connectivity index (χ1) is 30.7. The van der Waals surface area contributed by atoms with Crippen molar-refractivity contribution in [3.05, 3.63) is 23.3 Å². The summed E-state index contributed by atoms with van der Waals surface area (Å²) in [6, 6.07) is -2.10. The lowest BCUT2D eigenvalue weighted by molar-refractivity contribution is -0.327. The molecule has 0 aliphatic carbocycles. The number of nitrogens with one attached hydrogen (secondary N) is 2. The number of hydrogen-bond acceptors (Lipinski definition) is 16. The Kier molecular flexibility index (Phi) is 20.6. The van der Waals surface area contributed by atoms with Crippen LogP contribution in [0.1, 0.15) is 133 Å². The topological polar surface area (TPSA) is 253 Å². The second-order valence-electron chi connectivity index (χ2n) is 20.7. The Balaban J connectivity index is 1.42. The molecule has 0 spiro atoms. The smallest absolute Gasteiger partial charge is 0.217 e. The summed E-state index contributed by atoms with van der Waals surface area (Å²) in [4.78, 5) is 24.4. The molecule has 18 heteroatoms. The van der Waals surface area contributed by atoms with Gasteiger partial charge in [0.1, 0.15) is 48.7 Å². The Bertz CT molecular complexity index is 1620. The van der Waals surface area contributed by atoms with Crippen LogP contribution in [0.25, 0.3) is 0 Å². The Morgan fingerprint density at radius 2 is 1.06 bits per heavy atom. The number of aliphatic hydroxyl groups is 6. The van der Waals surface area contributed by atoms with Gasteiger partial charge in [0.05, 0.1) is 60.0 Å². The predicted octanol–water partition coefficient (Wildman–Crippen LogP) is 2.60. The summed E-state index contributed by atoms with van der Waals surface area (Å²) in [5.41, 5.74) is -1.84. The number of carbonyl (C=O) groups excluding carboxylic acids is 2. The van der Waals surface area contributed by atoms with E-state index in [1.807, 2.05) is 20.8 Å². The van der Waals surface area contributed by atoms with E-state index in [-0.39, 0.29) is 13.2 Å². The van der Waals surface area contributed by atoms with E-state index >= 15 is 0 Å². The lowest BCUT2D eigenvalue weighted by atomic mass is 9.81. The Morgan fingerprint density at radius 3 is 1.47 bits per heavy atom. The maximum absolute atomic E-state index is 12.2. The van der Waals surface area contributed by atoms with Gasteiger partial charge in [0.2, 0.25) is 11.8 Å². The molecule has 4 fully saturated rings. The molecule has 4 heterocycles. The molecule has 4 rings (SSSR count). The molecule has 16 atom stereocenters. The van der Waals surface area contributed by atoms with Gasteiger partial charge in [-0.15, -0.1) is 0 Å².